The molecule has 1 aliphatic rings. The van der Waals surface area contributed by atoms with E-state index in [4.69, 9.17) is 4.74 Å². The van der Waals surface area contributed by atoms with Crippen molar-refractivity contribution < 1.29 is 35.9 Å². The lowest BCUT2D eigenvalue weighted by Gasteiger charge is -2.32. The Labute approximate surface area is 217 Å². The maximum Gasteiger partial charge on any atom is 0.451 e. The van der Waals surface area contributed by atoms with Crippen LogP contribution in [0.5, 0.6) is 5.75 Å². The van der Waals surface area contributed by atoms with Crippen molar-refractivity contribution in [3.05, 3.63) is 58.6 Å². The molecule has 4 rings (SSSR count). The van der Waals surface area contributed by atoms with Gasteiger partial charge in [0.05, 0.1) is 6.54 Å². The van der Waals surface area contributed by atoms with Crippen molar-refractivity contribution in [2.24, 2.45) is 0 Å². The highest BCUT2D eigenvalue weighted by Crippen LogP contribution is 2.31. The number of aromatic nitrogens is 3. The number of hydrogen-bond donors (Lipinski definition) is 1. The quantitative estimate of drug-likeness (QED) is 0.398. The predicted molar refractivity (Wildman–Crippen MR) is 127 cm³/mol. The third-order valence-corrected chi connectivity index (χ3v) is 6.65. The zero-order valence-electron chi connectivity index (χ0n) is 20.1. The molecule has 1 saturated heterocycles. The summed E-state index contributed by atoms with van der Waals surface area (Å²) in [6, 6.07) is 4.86. The Morgan fingerprint density at radius 3 is 2.32 bits per heavy atom. The van der Waals surface area contributed by atoms with Crippen LogP contribution in [-0.2, 0) is 12.7 Å². The van der Waals surface area contributed by atoms with Gasteiger partial charge in [-0.3, -0.25) is 9.69 Å². The van der Waals surface area contributed by atoms with Crippen molar-refractivity contribution in [1.29, 1.82) is 0 Å². The lowest BCUT2D eigenvalue weighted by Crippen LogP contribution is -2.42. The molecular weight excluding hydrogens is 536 g/mol. The monoisotopic (exact) mass is 559 g/mol. The number of piperidine rings is 1. The highest BCUT2D eigenvalue weighted by atomic mass is 32.1. The molecule has 0 radical (unpaired) electrons. The Morgan fingerprint density at radius 1 is 1.05 bits per heavy atom. The van der Waals surface area contributed by atoms with E-state index < -0.39 is 30.6 Å². The van der Waals surface area contributed by atoms with Gasteiger partial charge in [0, 0.05) is 59.8 Å². The van der Waals surface area contributed by atoms with Gasteiger partial charge in [0.2, 0.25) is 5.82 Å². The maximum absolute atomic E-state index is 12.9. The van der Waals surface area contributed by atoms with E-state index in [0.29, 0.717) is 29.2 Å². The van der Waals surface area contributed by atoms with Crippen molar-refractivity contribution in [2.45, 2.75) is 44.8 Å². The Balaban J connectivity index is 1.47. The SMILES string of the molecule is Cc1cnc(-c2cc(OC3CCN(CC(F)(F)F)CC3)cc(C(=O)NCc3cnc(C(F)(F)F)nc3)c2)s1. The van der Waals surface area contributed by atoms with Gasteiger partial charge in [0.25, 0.3) is 5.91 Å². The molecule has 1 fully saturated rings. The second-order valence-corrected chi connectivity index (χ2v) is 10.1. The lowest BCUT2D eigenvalue weighted by molar-refractivity contribution is -0.149. The van der Waals surface area contributed by atoms with Gasteiger partial charge in [0.1, 0.15) is 16.9 Å². The number of nitrogens with one attached hydrogen (secondary N) is 1. The number of carbonyl (C=O) groups is 1. The molecule has 1 amide bonds. The van der Waals surface area contributed by atoms with Crippen LogP contribution in [0.2, 0.25) is 0 Å². The summed E-state index contributed by atoms with van der Waals surface area (Å²) in [5, 5.41) is 3.28. The fourth-order valence-electron chi connectivity index (χ4n) is 3.92. The number of hydrogen-bond acceptors (Lipinski definition) is 7. The molecule has 0 atom stereocenters. The first kappa shape index (κ1) is 27.8. The maximum atomic E-state index is 12.9. The molecule has 0 bridgehead atoms. The first-order valence-electron chi connectivity index (χ1n) is 11.6. The number of rotatable bonds is 7. The minimum atomic E-state index is -4.66. The highest BCUT2D eigenvalue weighted by molar-refractivity contribution is 7.14. The van der Waals surface area contributed by atoms with Crippen LogP contribution in [0.15, 0.2) is 36.8 Å². The third-order valence-electron chi connectivity index (χ3n) is 5.69. The second-order valence-electron chi connectivity index (χ2n) is 8.83. The van der Waals surface area contributed by atoms with E-state index in [2.05, 4.69) is 20.3 Å². The van der Waals surface area contributed by atoms with E-state index in [-0.39, 0.29) is 36.9 Å². The van der Waals surface area contributed by atoms with Crippen LogP contribution >= 0.6 is 11.3 Å². The van der Waals surface area contributed by atoms with Crippen LogP contribution in [0, 0.1) is 6.92 Å². The van der Waals surface area contributed by atoms with Crippen molar-refractivity contribution in [1.82, 2.24) is 25.2 Å². The molecule has 204 valence electrons. The van der Waals surface area contributed by atoms with Crippen LogP contribution in [-0.4, -0.2) is 57.7 Å². The number of halogens is 6. The molecule has 2 aromatic heterocycles. The molecule has 14 heteroatoms. The van der Waals surface area contributed by atoms with Crippen LogP contribution in [0.25, 0.3) is 10.6 Å². The number of aryl methyl sites for hydroxylation is 1. The van der Waals surface area contributed by atoms with Gasteiger partial charge in [-0.1, -0.05) is 0 Å². The van der Waals surface area contributed by atoms with Crippen molar-refractivity contribution in [3.63, 3.8) is 0 Å². The smallest absolute Gasteiger partial charge is 0.451 e. The van der Waals surface area contributed by atoms with Gasteiger partial charge in [0.15, 0.2) is 0 Å². The van der Waals surface area contributed by atoms with Crippen LogP contribution in [0.4, 0.5) is 26.3 Å². The van der Waals surface area contributed by atoms with E-state index in [1.54, 1.807) is 18.3 Å². The van der Waals surface area contributed by atoms with Crippen LogP contribution in [0.1, 0.15) is 39.5 Å². The van der Waals surface area contributed by atoms with Crippen molar-refractivity contribution in [3.8, 4) is 16.3 Å². The van der Waals surface area contributed by atoms with Crippen LogP contribution in [0.3, 0.4) is 0 Å². The van der Waals surface area contributed by atoms with Gasteiger partial charge in [-0.25, -0.2) is 15.0 Å². The third kappa shape index (κ3) is 7.63. The van der Waals surface area contributed by atoms with E-state index in [1.165, 1.54) is 22.3 Å². The van der Waals surface area contributed by atoms with E-state index >= 15 is 0 Å². The summed E-state index contributed by atoms with van der Waals surface area (Å²) in [6.45, 7) is 1.28. The molecule has 38 heavy (non-hydrogen) atoms. The number of thiazole rings is 1. The normalized spacial score (nSPS) is 15.4. The molecule has 0 saturated carbocycles. The minimum Gasteiger partial charge on any atom is -0.490 e. The summed E-state index contributed by atoms with van der Waals surface area (Å²) in [5.74, 6) is -1.41. The first-order valence-corrected chi connectivity index (χ1v) is 12.4. The van der Waals surface area contributed by atoms with Crippen molar-refractivity contribution in [2.75, 3.05) is 19.6 Å². The number of carbonyl (C=O) groups excluding carboxylic acids is 1. The zero-order valence-corrected chi connectivity index (χ0v) is 20.9. The minimum absolute atomic E-state index is 0.106. The number of nitrogens with zero attached hydrogens (tertiary/aromatic N) is 4. The van der Waals surface area contributed by atoms with E-state index in [0.717, 1.165) is 17.3 Å². The molecule has 0 aliphatic carbocycles. The largest absolute Gasteiger partial charge is 0.490 e. The Kier molecular flexibility index (Phi) is 8.21. The molecule has 1 N–H and O–H groups in total. The van der Waals surface area contributed by atoms with Gasteiger partial charge >= 0.3 is 12.4 Å². The summed E-state index contributed by atoms with van der Waals surface area (Å²) < 4.78 is 82.1. The molecule has 7 nitrogen and oxygen atoms in total. The van der Waals surface area contributed by atoms with E-state index in [9.17, 15) is 31.1 Å². The molecule has 3 heterocycles. The summed E-state index contributed by atoms with van der Waals surface area (Å²) in [4.78, 5) is 26.1. The molecular formula is C24H23F6N5O2S. The molecule has 1 aromatic carbocycles. The number of amides is 1. The second kappa shape index (κ2) is 11.2. The number of likely N-dealkylation sites (tertiary alicyclic amines) is 1. The Bertz CT molecular complexity index is 1250. The summed E-state index contributed by atoms with van der Waals surface area (Å²) >= 11 is 1.42. The average Bonchev–Trinajstić information content (AvgIpc) is 3.29. The average molecular weight is 560 g/mol. The van der Waals surface area contributed by atoms with E-state index in [1.807, 2.05) is 6.92 Å². The standard InChI is InChI=1S/C24H23F6N5O2S/c1-14-9-32-21(38-14)17-6-16(20(36)31-10-15-11-33-22(34-12-15)24(28,29)30)7-19(8-17)37-18-2-4-35(5-3-18)13-23(25,26)27/h6-9,11-12,18H,2-5,10,13H2,1H3,(H,31,36). The Hall–Kier alpha value is -3.26. The van der Waals surface area contributed by atoms with Gasteiger partial charge in [-0.15, -0.1) is 11.3 Å². The molecule has 3 aromatic rings. The number of ether oxygens (including phenoxy) is 1. The predicted octanol–water partition coefficient (Wildman–Crippen LogP) is 5.26. The van der Waals surface area contributed by atoms with Crippen molar-refractivity contribution >= 4 is 17.2 Å². The van der Waals surface area contributed by atoms with Gasteiger partial charge in [-0.2, -0.15) is 26.3 Å². The molecule has 0 unspecified atom stereocenters. The van der Waals surface area contributed by atoms with Crippen LogP contribution < -0.4 is 10.1 Å². The topological polar surface area (TPSA) is 80.2 Å². The fourth-order valence-corrected chi connectivity index (χ4v) is 4.67. The highest BCUT2D eigenvalue weighted by Gasteiger charge is 2.34. The first-order chi connectivity index (χ1) is 17.9. The number of benzene rings is 1. The zero-order chi connectivity index (χ0) is 27.5. The Morgan fingerprint density at radius 2 is 1.74 bits per heavy atom. The summed E-state index contributed by atoms with van der Waals surface area (Å²) in [5.41, 5.74) is 1.13. The molecule has 1 aliphatic heterocycles. The summed E-state index contributed by atoms with van der Waals surface area (Å²) in [6.07, 6.45) is -4.79. The summed E-state index contributed by atoms with van der Waals surface area (Å²) in [7, 11) is 0. The van der Waals surface area contributed by atoms with Gasteiger partial charge in [-0.05, 0) is 38.0 Å². The lowest BCUT2D eigenvalue weighted by atomic mass is 10.1. The van der Waals surface area contributed by atoms with Gasteiger partial charge < -0.3 is 10.1 Å². The fraction of sp³-hybridized carbons (Fsp3) is 0.417. The molecule has 0 spiro atoms. The number of alkyl halides is 6.